The summed E-state index contributed by atoms with van der Waals surface area (Å²) in [6.07, 6.45) is 7.90. The van der Waals surface area contributed by atoms with Crippen molar-refractivity contribution in [3.8, 4) is 0 Å². The summed E-state index contributed by atoms with van der Waals surface area (Å²) in [7, 11) is 0. The molecule has 1 saturated heterocycles. The second kappa shape index (κ2) is 6.33. The van der Waals surface area contributed by atoms with E-state index in [1.54, 1.807) is 18.6 Å². The van der Waals surface area contributed by atoms with Crippen molar-refractivity contribution in [3.05, 3.63) is 18.6 Å². The zero-order valence-electron chi connectivity index (χ0n) is 10.9. The first-order valence-electron chi connectivity index (χ1n) is 6.60. The van der Waals surface area contributed by atoms with Crippen molar-refractivity contribution in [2.45, 2.75) is 26.2 Å². The van der Waals surface area contributed by atoms with E-state index in [9.17, 15) is 4.79 Å². The number of piperazine rings is 1. The van der Waals surface area contributed by atoms with E-state index in [0.717, 1.165) is 44.8 Å². The molecule has 1 aromatic heterocycles. The van der Waals surface area contributed by atoms with Gasteiger partial charge in [0.15, 0.2) is 0 Å². The van der Waals surface area contributed by atoms with Gasteiger partial charge in [-0.15, -0.1) is 0 Å². The predicted octanol–water partition coefficient (Wildman–Crippen LogP) is 1.32. The molecule has 1 fully saturated rings. The topological polar surface area (TPSA) is 49.3 Å². The minimum Gasteiger partial charge on any atom is -0.352 e. The Bertz CT molecular complexity index is 374. The SMILES string of the molecule is CCCCC(=O)N1CCN(c2cnccn2)CC1. The molecule has 5 nitrogen and oxygen atoms in total. The number of hydrogen-bond acceptors (Lipinski definition) is 4. The van der Waals surface area contributed by atoms with Crippen molar-refractivity contribution >= 4 is 11.7 Å². The average Bonchev–Trinajstić information content (AvgIpc) is 2.46. The highest BCUT2D eigenvalue weighted by Gasteiger charge is 2.21. The van der Waals surface area contributed by atoms with Crippen molar-refractivity contribution < 1.29 is 4.79 Å². The largest absolute Gasteiger partial charge is 0.352 e. The third-order valence-electron chi connectivity index (χ3n) is 3.25. The lowest BCUT2D eigenvalue weighted by atomic mass is 10.2. The fourth-order valence-corrected chi connectivity index (χ4v) is 2.13. The molecular weight excluding hydrogens is 228 g/mol. The van der Waals surface area contributed by atoms with E-state index < -0.39 is 0 Å². The third kappa shape index (κ3) is 3.18. The number of carbonyl (C=O) groups is 1. The Hall–Kier alpha value is -1.65. The van der Waals surface area contributed by atoms with Crippen LogP contribution in [0.15, 0.2) is 18.6 Å². The Labute approximate surface area is 108 Å². The fraction of sp³-hybridized carbons (Fsp3) is 0.615. The Balaban J connectivity index is 1.83. The molecule has 2 rings (SSSR count). The smallest absolute Gasteiger partial charge is 0.222 e. The van der Waals surface area contributed by atoms with E-state index in [-0.39, 0.29) is 5.91 Å². The van der Waals surface area contributed by atoms with Gasteiger partial charge in [0.2, 0.25) is 5.91 Å². The molecule has 5 heteroatoms. The molecule has 0 atom stereocenters. The lowest BCUT2D eigenvalue weighted by Crippen LogP contribution is -2.49. The number of anilines is 1. The second-order valence-electron chi connectivity index (χ2n) is 4.53. The number of hydrogen-bond donors (Lipinski definition) is 0. The highest BCUT2D eigenvalue weighted by Crippen LogP contribution is 2.12. The molecule has 1 aliphatic rings. The van der Waals surface area contributed by atoms with Crippen LogP contribution < -0.4 is 4.90 Å². The van der Waals surface area contributed by atoms with E-state index in [2.05, 4.69) is 21.8 Å². The number of rotatable bonds is 4. The normalized spacial score (nSPS) is 15.8. The predicted molar refractivity (Wildman–Crippen MR) is 70.4 cm³/mol. The minimum absolute atomic E-state index is 0.288. The molecule has 18 heavy (non-hydrogen) atoms. The van der Waals surface area contributed by atoms with Crippen molar-refractivity contribution in [2.75, 3.05) is 31.1 Å². The highest BCUT2D eigenvalue weighted by molar-refractivity contribution is 5.76. The molecule has 2 heterocycles. The number of carbonyl (C=O) groups excluding carboxylic acids is 1. The summed E-state index contributed by atoms with van der Waals surface area (Å²) in [5.41, 5.74) is 0. The molecular formula is C13H20N4O. The minimum atomic E-state index is 0.288. The maximum Gasteiger partial charge on any atom is 0.222 e. The molecule has 1 amide bonds. The summed E-state index contributed by atoms with van der Waals surface area (Å²) in [5.74, 6) is 1.19. The van der Waals surface area contributed by atoms with Crippen LogP contribution in [0.5, 0.6) is 0 Å². The number of unbranched alkanes of at least 4 members (excludes halogenated alkanes) is 1. The summed E-state index contributed by atoms with van der Waals surface area (Å²) in [6, 6.07) is 0. The molecule has 0 bridgehead atoms. The highest BCUT2D eigenvalue weighted by atomic mass is 16.2. The number of nitrogens with zero attached hydrogens (tertiary/aromatic N) is 4. The summed E-state index contributed by atoms with van der Waals surface area (Å²) in [5, 5.41) is 0. The van der Waals surface area contributed by atoms with E-state index in [0.29, 0.717) is 6.42 Å². The van der Waals surface area contributed by atoms with Gasteiger partial charge in [0, 0.05) is 45.0 Å². The maximum absolute atomic E-state index is 11.9. The van der Waals surface area contributed by atoms with Crippen molar-refractivity contribution in [1.82, 2.24) is 14.9 Å². The molecule has 0 unspecified atom stereocenters. The van der Waals surface area contributed by atoms with Gasteiger partial charge in [-0.2, -0.15) is 0 Å². The molecule has 0 radical (unpaired) electrons. The van der Waals surface area contributed by atoms with Crippen LogP contribution in [0.1, 0.15) is 26.2 Å². The van der Waals surface area contributed by atoms with Crippen molar-refractivity contribution in [1.29, 1.82) is 0 Å². The van der Waals surface area contributed by atoms with Gasteiger partial charge in [-0.1, -0.05) is 13.3 Å². The lowest BCUT2D eigenvalue weighted by molar-refractivity contribution is -0.131. The van der Waals surface area contributed by atoms with Crippen LogP contribution in [0.25, 0.3) is 0 Å². The van der Waals surface area contributed by atoms with E-state index in [1.807, 2.05) is 4.90 Å². The Morgan fingerprint density at radius 2 is 2.06 bits per heavy atom. The third-order valence-corrected chi connectivity index (χ3v) is 3.25. The standard InChI is InChI=1S/C13H20N4O/c1-2-3-4-13(18)17-9-7-16(8-10-17)12-11-14-5-6-15-12/h5-6,11H,2-4,7-10H2,1H3. The van der Waals surface area contributed by atoms with Crippen molar-refractivity contribution in [2.24, 2.45) is 0 Å². The monoisotopic (exact) mass is 248 g/mol. The van der Waals surface area contributed by atoms with Gasteiger partial charge in [0.05, 0.1) is 6.20 Å². The van der Waals surface area contributed by atoms with Gasteiger partial charge in [-0.3, -0.25) is 9.78 Å². The average molecular weight is 248 g/mol. The van der Waals surface area contributed by atoms with Gasteiger partial charge in [-0.05, 0) is 6.42 Å². The Morgan fingerprint density at radius 3 is 2.67 bits per heavy atom. The summed E-state index contributed by atoms with van der Waals surface area (Å²) >= 11 is 0. The molecule has 0 aromatic carbocycles. The van der Waals surface area contributed by atoms with Crippen LogP contribution in [0.4, 0.5) is 5.82 Å². The first kappa shape index (κ1) is 12.8. The number of aromatic nitrogens is 2. The van der Waals surface area contributed by atoms with Crippen LogP contribution in [-0.4, -0.2) is 47.0 Å². The second-order valence-corrected chi connectivity index (χ2v) is 4.53. The van der Waals surface area contributed by atoms with Gasteiger partial charge in [0.1, 0.15) is 5.82 Å². The van der Waals surface area contributed by atoms with Gasteiger partial charge in [0.25, 0.3) is 0 Å². The maximum atomic E-state index is 11.9. The van der Waals surface area contributed by atoms with Crippen LogP contribution in [0.3, 0.4) is 0 Å². The first-order chi connectivity index (χ1) is 8.81. The lowest BCUT2D eigenvalue weighted by Gasteiger charge is -2.35. The molecule has 1 aliphatic heterocycles. The molecule has 0 saturated carbocycles. The van der Waals surface area contributed by atoms with Gasteiger partial charge >= 0.3 is 0 Å². The van der Waals surface area contributed by atoms with E-state index in [4.69, 9.17) is 0 Å². The summed E-state index contributed by atoms with van der Waals surface area (Å²) in [4.78, 5) is 24.4. The quantitative estimate of drug-likeness (QED) is 0.806. The summed E-state index contributed by atoms with van der Waals surface area (Å²) in [6.45, 7) is 5.38. The van der Waals surface area contributed by atoms with Gasteiger partial charge < -0.3 is 9.80 Å². The molecule has 98 valence electrons. The molecule has 0 spiro atoms. The molecule has 0 aliphatic carbocycles. The zero-order chi connectivity index (χ0) is 12.8. The van der Waals surface area contributed by atoms with Gasteiger partial charge in [-0.25, -0.2) is 4.98 Å². The molecule has 1 aromatic rings. The van der Waals surface area contributed by atoms with E-state index >= 15 is 0 Å². The Kier molecular flexibility index (Phi) is 4.50. The fourth-order valence-electron chi connectivity index (χ4n) is 2.13. The van der Waals surface area contributed by atoms with Crippen LogP contribution in [0.2, 0.25) is 0 Å². The summed E-state index contributed by atoms with van der Waals surface area (Å²) < 4.78 is 0. The van der Waals surface area contributed by atoms with Crippen LogP contribution in [0, 0.1) is 0 Å². The molecule has 0 N–H and O–H groups in total. The first-order valence-corrected chi connectivity index (χ1v) is 6.60. The van der Waals surface area contributed by atoms with Crippen LogP contribution in [-0.2, 0) is 4.79 Å². The van der Waals surface area contributed by atoms with E-state index in [1.165, 1.54) is 0 Å². The number of amides is 1. The zero-order valence-corrected chi connectivity index (χ0v) is 10.9. The van der Waals surface area contributed by atoms with Crippen molar-refractivity contribution in [3.63, 3.8) is 0 Å². The van der Waals surface area contributed by atoms with Crippen LogP contribution >= 0.6 is 0 Å². The Morgan fingerprint density at radius 1 is 1.28 bits per heavy atom.